The van der Waals surface area contributed by atoms with Crippen LogP contribution in [-0.2, 0) is 5.60 Å². The minimum atomic E-state index is -1.23. The Hall–Kier alpha value is -2.01. The van der Waals surface area contributed by atoms with Crippen molar-refractivity contribution in [3.05, 3.63) is 47.2 Å². The summed E-state index contributed by atoms with van der Waals surface area (Å²) in [6.07, 6.45) is 1.50. The van der Waals surface area contributed by atoms with Crippen molar-refractivity contribution < 1.29 is 14.3 Å². The van der Waals surface area contributed by atoms with E-state index >= 15 is 0 Å². The van der Waals surface area contributed by atoms with E-state index in [-0.39, 0.29) is 12.5 Å². The molecule has 2 N–H and O–H groups in total. The fourth-order valence-electron chi connectivity index (χ4n) is 2.82. The first-order chi connectivity index (χ1) is 10.2. The molecular formula is C17H24N2O3. The number of carbonyl (C=O) groups excluding carboxylic acids is 1. The van der Waals surface area contributed by atoms with Crippen LogP contribution in [0.25, 0.3) is 0 Å². The Morgan fingerprint density at radius 2 is 2.14 bits per heavy atom. The number of furan rings is 1. The van der Waals surface area contributed by atoms with E-state index in [1.165, 1.54) is 6.26 Å². The van der Waals surface area contributed by atoms with E-state index in [9.17, 15) is 9.90 Å². The summed E-state index contributed by atoms with van der Waals surface area (Å²) in [5, 5.41) is 13.2. The first-order valence-corrected chi connectivity index (χ1v) is 7.47. The van der Waals surface area contributed by atoms with Crippen LogP contribution in [0.1, 0.15) is 54.3 Å². The molecule has 0 aliphatic heterocycles. The average molecular weight is 304 g/mol. The van der Waals surface area contributed by atoms with Gasteiger partial charge in [0.2, 0.25) is 0 Å². The fraction of sp³-hybridized carbons (Fsp3) is 0.471. The van der Waals surface area contributed by atoms with Gasteiger partial charge in [0, 0.05) is 17.4 Å². The van der Waals surface area contributed by atoms with Gasteiger partial charge in [-0.25, -0.2) is 0 Å². The van der Waals surface area contributed by atoms with Crippen LogP contribution in [0.15, 0.2) is 28.9 Å². The van der Waals surface area contributed by atoms with E-state index in [1.54, 1.807) is 19.1 Å². The van der Waals surface area contributed by atoms with Crippen LogP contribution in [0, 0.1) is 13.8 Å². The zero-order chi connectivity index (χ0) is 16.5. The molecule has 2 rings (SSSR count). The number of amides is 1. The van der Waals surface area contributed by atoms with Gasteiger partial charge < -0.3 is 19.4 Å². The quantitative estimate of drug-likeness (QED) is 0.892. The van der Waals surface area contributed by atoms with Gasteiger partial charge in [0.15, 0.2) is 0 Å². The van der Waals surface area contributed by atoms with Gasteiger partial charge in [-0.2, -0.15) is 0 Å². The summed E-state index contributed by atoms with van der Waals surface area (Å²) in [5.74, 6) is 0.243. The molecule has 0 saturated carbocycles. The van der Waals surface area contributed by atoms with Crippen LogP contribution in [0.3, 0.4) is 0 Å². The lowest BCUT2D eigenvalue weighted by atomic mass is 10.0. The molecule has 1 atom stereocenters. The Kier molecular flexibility index (Phi) is 4.47. The van der Waals surface area contributed by atoms with E-state index in [4.69, 9.17) is 4.42 Å². The molecule has 2 aromatic rings. The molecule has 120 valence electrons. The second-order valence-electron chi connectivity index (χ2n) is 6.18. The van der Waals surface area contributed by atoms with Crippen LogP contribution in [-0.4, -0.2) is 22.1 Å². The van der Waals surface area contributed by atoms with Gasteiger partial charge in [-0.1, -0.05) is 0 Å². The summed E-state index contributed by atoms with van der Waals surface area (Å²) < 4.78 is 7.33. The van der Waals surface area contributed by atoms with Gasteiger partial charge >= 0.3 is 0 Å². The first kappa shape index (κ1) is 16.4. The van der Waals surface area contributed by atoms with Crippen LogP contribution in [0.5, 0.6) is 0 Å². The molecule has 1 amide bonds. The zero-order valence-electron chi connectivity index (χ0n) is 13.8. The normalized spacial score (nSPS) is 14.1. The van der Waals surface area contributed by atoms with Crippen molar-refractivity contribution in [2.75, 3.05) is 6.54 Å². The highest BCUT2D eigenvalue weighted by atomic mass is 16.4. The van der Waals surface area contributed by atoms with Crippen LogP contribution >= 0.6 is 0 Å². The molecule has 0 radical (unpaired) electrons. The first-order valence-electron chi connectivity index (χ1n) is 7.47. The summed E-state index contributed by atoms with van der Waals surface area (Å²) in [6.45, 7) is 9.80. The topological polar surface area (TPSA) is 67.4 Å². The Morgan fingerprint density at radius 3 is 2.64 bits per heavy atom. The van der Waals surface area contributed by atoms with Crippen molar-refractivity contribution >= 4 is 5.91 Å². The summed E-state index contributed by atoms with van der Waals surface area (Å²) in [6, 6.07) is 5.58. The minimum Gasteiger partial charge on any atom is -0.466 e. The molecule has 22 heavy (non-hydrogen) atoms. The Labute approximate surface area is 130 Å². The number of nitrogens with one attached hydrogen (secondary N) is 1. The van der Waals surface area contributed by atoms with Gasteiger partial charge in [0.05, 0.1) is 18.4 Å². The molecule has 0 aliphatic rings. The van der Waals surface area contributed by atoms with E-state index in [0.717, 1.165) is 11.4 Å². The van der Waals surface area contributed by atoms with Crippen LogP contribution in [0.4, 0.5) is 0 Å². The number of aromatic nitrogens is 1. The highest BCUT2D eigenvalue weighted by Gasteiger charge is 2.27. The average Bonchev–Trinajstić information content (AvgIpc) is 3.04. The molecule has 2 aromatic heterocycles. The number of aryl methyl sites for hydroxylation is 1. The van der Waals surface area contributed by atoms with Gasteiger partial charge in [0.25, 0.3) is 5.91 Å². The number of rotatable bonds is 5. The second-order valence-corrected chi connectivity index (χ2v) is 6.18. The zero-order valence-corrected chi connectivity index (χ0v) is 13.8. The summed E-state index contributed by atoms with van der Waals surface area (Å²) in [5.41, 5.74) is 1.39. The Balaban J connectivity index is 2.12. The maximum atomic E-state index is 12.4. The number of carbonyl (C=O) groups is 1. The minimum absolute atomic E-state index is 0.0880. The van der Waals surface area contributed by atoms with Crippen molar-refractivity contribution in [1.29, 1.82) is 0 Å². The monoisotopic (exact) mass is 304 g/mol. The molecule has 0 saturated heterocycles. The molecule has 0 aliphatic carbocycles. The van der Waals surface area contributed by atoms with Crippen LogP contribution in [0.2, 0.25) is 0 Å². The maximum absolute atomic E-state index is 12.4. The summed E-state index contributed by atoms with van der Waals surface area (Å²) in [7, 11) is 0. The van der Waals surface area contributed by atoms with E-state index in [0.29, 0.717) is 17.4 Å². The van der Waals surface area contributed by atoms with Gasteiger partial charge in [-0.15, -0.1) is 0 Å². The van der Waals surface area contributed by atoms with Gasteiger partial charge in [-0.3, -0.25) is 4.79 Å². The number of nitrogens with zero attached hydrogens (tertiary/aromatic N) is 1. The lowest BCUT2D eigenvalue weighted by Gasteiger charge is -2.21. The fourth-order valence-corrected chi connectivity index (χ4v) is 2.82. The third kappa shape index (κ3) is 3.09. The lowest BCUT2D eigenvalue weighted by molar-refractivity contribution is 0.0330. The van der Waals surface area contributed by atoms with Crippen molar-refractivity contribution in [2.45, 2.75) is 46.3 Å². The highest BCUT2D eigenvalue weighted by Crippen LogP contribution is 2.22. The SMILES string of the molecule is Cc1cc(C(=O)NCC(C)(O)c2ccco2)c(C)n1C(C)C. The summed E-state index contributed by atoms with van der Waals surface area (Å²) in [4.78, 5) is 12.4. The van der Waals surface area contributed by atoms with Gasteiger partial charge in [0.1, 0.15) is 11.4 Å². The van der Waals surface area contributed by atoms with Crippen molar-refractivity contribution in [1.82, 2.24) is 9.88 Å². The standard InChI is InChI=1S/C17H24N2O3/c1-11(2)19-12(3)9-14(13(19)4)16(20)18-10-17(5,21)15-7-6-8-22-15/h6-9,11,21H,10H2,1-5H3,(H,18,20). The molecular weight excluding hydrogens is 280 g/mol. The third-order valence-corrected chi connectivity index (χ3v) is 3.89. The molecule has 0 bridgehead atoms. The third-order valence-electron chi connectivity index (χ3n) is 3.89. The van der Waals surface area contributed by atoms with Crippen molar-refractivity contribution in [2.24, 2.45) is 0 Å². The molecule has 5 nitrogen and oxygen atoms in total. The molecule has 0 aromatic carbocycles. The molecule has 0 spiro atoms. The molecule has 2 heterocycles. The van der Waals surface area contributed by atoms with E-state index in [2.05, 4.69) is 23.7 Å². The summed E-state index contributed by atoms with van der Waals surface area (Å²) >= 11 is 0. The number of hydrogen-bond acceptors (Lipinski definition) is 3. The lowest BCUT2D eigenvalue weighted by Crippen LogP contribution is -2.38. The highest BCUT2D eigenvalue weighted by molar-refractivity contribution is 5.95. The van der Waals surface area contributed by atoms with E-state index < -0.39 is 5.60 Å². The predicted molar refractivity (Wildman–Crippen MR) is 84.9 cm³/mol. The number of hydrogen-bond donors (Lipinski definition) is 2. The molecule has 0 fully saturated rings. The van der Waals surface area contributed by atoms with Gasteiger partial charge in [-0.05, 0) is 52.8 Å². The Bertz CT molecular complexity index is 652. The van der Waals surface area contributed by atoms with Crippen molar-refractivity contribution in [3.63, 3.8) is 0 Å². The predicted octanol–water partition coefficient (Wildman–Crippen LogP) is 2.92. The van der Waals surface area contributed by atoms with Crippen molar-refractivity contribution in [3.8, 4) is 0 Å². The Morgan fingerprint density at radius 1 is 1.45 bits per heavy atom. The molecule has 5 heteroatoms. The van der Waals surface area contributed by atoms with E-state index in [1.807, 2.05) is 19.9 Å². The largest absolute Gasteiger partial charge is 0.466 e. The second kappa shape index (κ2) is 6.01. The maximum Gasteiger partial charge on any atom is 0.253 e. The molecule has 1 unspecified atom stereocenters. The smallest absolute Gasteiger partial charge is 0.253 e. The van der Waals surface area contributed by atoms with Crippen LogP contribution < -0.4 is 5.32 Å². The number of aliphatic hydroxyl groups is 1.